The molecule has 2 N–H and O–H groups in total. The van der Waals surface area contributed by atoms with Crippen LogP contribution in [0.4, 0.5) is 4.39 Å². The number of hydrogen-bond acceptors (Lipinski definition) is 4. The molecule has 16 heavy (non-hydrogen) atoms. The van der Waals surface area contributed by atoms with Crippen LogP contribution in [0, 0.1) is 0 Å². The van der Waals surface area contributed by atoms with Gasteiger partial charge in [-0.1, -0.05) is 6.07 Å². The summed E-state index contributed by atoms with van der Waals surface area (Å²) in [4.78, 5) is 14.9. The van der Waals surface area contributed by atoms with Gasteiger partial charge in [0.05, 0.1) is 12.6 Å². The van der Waals surface area contributed by atoms with Gasteiger partial charge < -0.3 is 10.5 Å². The molecule has 1 rings (SSSR count). The first-order chi connectivity index (χ1) is 7.16. The zero-order valence-corrected chi connectivity index (χ0v) is 9.61. The van der Waals surface area contributed by atoms with Crippen molar-refractivity contribution in [2.75, 3.05) is 6.61 Å². The van der Waals surface area contributed by atoms with Gasteiger partial charge in [0.2, 0.25) is 6.17 Å². The topological polar surface area (TPSA) is 65.2 Å². The van der Waals surface area contributed by atoms with Gasteiger partial charge >= 0.3 is 5.97 Å². The number of esters is 1. The van der Waals surface area contributed by atoms with E-state index in [-0.39, 0.29) is 19.0 Å². The minimum Gasteiger partial charge on any atom is -0.464 e. The molecule has 0 radical (unpaired) electrons. The summed E-state index contributed by atoms with van der Waals surface area (Å²) in [5.41, 5.74) is 6.02. The maximum Gasteiger partial charge on any atom is 0.342 e. The average molecular weight is 249 g/mol. The Morgan fingerprint density at radius 2 is 2.38 bits per heavy atom. The molecule has 0 bridgehead atoms. The molecule has 4 nitrogen and oxygen atoms in total. The normalized spacial score (nSPS) is 13.4. The average Bonchev–Trinajstić information content (AvgIpc) is 2.28. The van der Waals surface area contributed by atoms with Crippen molar-refractivity contribution in [1.29, 1.82) is 0 Å². The number of nitrogens with two attached hydrogens (primary N) is 1. The van der Waals surface area contributed by atoms with Crippen molar-refractivity contribution in [3.63, 3.8) is 0 Å². The van der Waals surface area contributed by atoms with Gasteiger partial charge in [-0.05, 0) is 18.6 Å². The molecule has 90 valence electrons. The summed E-state index contributed by atoms with van der Waals surface area (Å²) in [6.45, 7) is 1.75. The van der Waals surface area contributed by atoms with Crippen LogP contribution < -0.4 is 5.73 Å². The Labute approximate surface area is 99.4 Å². The molecule has 0 spiro atoms. The molecule has 1 aromatic rings. The number of carbonyl (C=O) groups excluding carboxylic acids is 1. The molecular formula is C10H14ClFN2O2. The van der Waals surface area contributed by atoms with Crippen LogP contribution in [0.25, 0.3) is 0 Å². The summed E-state index contributed by atoms with van der Waals surface area (Å²) < 4.78 is 18.0. The van der Waals surface area contributed by atoms with Crippen molar-refractivity contribution in [1.82, 2.24) is 4.98 Å². The summed E-state index contributed by atoms with van der Waals surface area (Å²) in [6.07, 6.45) is 1.12. The number of nitrogens with zero attached hydrogens (tertiary/aromatic N) is 1. The summed E-state index contributed by atoms with van der Waals surface area (Å²) >= 11 is 0. The maximum atomic E-state index is 13.4. The van der Waals surface area contributed by atoms with Gasteiger partial charge in [-0.3, -0.25) is 4.98 Å². The third kappa shape index (κ3) is 3.75. The van der Waals surface area contributed by atoms with Crippen molar-refractivity contribution in [2.45, 2.75) is 19.1 Å². The number of rotatable bonds is 4. The van der Waals surface area contributed by atoms with E-state index in [1.54, 1.807) is 25.3 Å². The molecule has 0 aliphatic rings. The number of carbonyl (C=O) groups is 1. The molecule has 0 saturated heterocycles. The van der Waals surface area contributed by atoms with Crippen LogP contribution in [0.3, 0.4) is 0 Å². The van der Waals surface area contributed by atoms with E-state index in [0.29, 0.717) is 5.56 Å². The number of aromatic nitrogens is 1. The molecular weight excluding hydrogens is 235 g/mol. The van der Waals surface area contributed by atoms with Gasteiger partial charge in [0.25, 0.3) is 0 Å². The Morgan fingerprint density at radius 3 is 2.88 bits per heavy atom. The van der Waals surface area contributed by atoms with E-state index in [1.807, 2.05) is 0 Å². The molecule has 6 heteroatoms. The number of ether oxygens (including phenoxy) is 1. The fourth-order valence-electron chi connectivity index (χ4n) is 1.11. The van der Waals surface area contributed by atoms with E-state index in [1.165, 1.54) is 6.20 Å². The van der Waals surface area contributed by atoms with Crippen LogP contribution in [0.5, 0.6) is 0 Å². The lowest BCUT2D eigenvalue weighted by Gasteiger charge is -2.15. The van der Waals surface area contributed by atoms with Crippen molar-refractivity contribution in [3.05, 3.63) is 30.1 Å². The van der Waals surface area contributed by atoms with Gasteiger partial charge in [-0.15, -0.1) is 12.4 Å². The first-order valence-corrected chi connectivity index (χ1v) is 4.63. The van der Waals surface area contributed by atoms with E-state index in [2.05, 4.69) is 9.72 Å². The van der Waals surface area contributed by atoms with Gasteiger partial charge in [-0.25, -0.2) is 9.18 Å². The van der Waals surface area contributed by atoms with Crippen LogP contribution >= 0.6 is 12.4 Å². The highest BCUT2D eigenvalue weighted by Crippen LogP contribution is 2.16. The lowest BCUT2D eigenvalue weighted by molar-refractivity contribution is -0.149. The van der Waals surface area contributed by atoms with Crippen LogP contribution in [0.1, 0.15) is 18.5 Å². The van der Waals surface area contributed by atoms with E-state index < -0.39 is 18.2 Å². The first kappa shape index (κ1) is 14.8. The van der Waals surface area contributed by atoms with E-state index >= 15 is 0 Å². The monoisotopic (exact) mass is 248 g/mol. The Balaban J connectivity index is 0.00000225. The second kappa shape index (κ2) is 7.14. The lowest BCUT2D eigenvalue weighted by atomic mass is 10.1. The van der Waals surface area contributed by atoms with Crippen molar-refractivity contribution in [2.24, 2.45) is 5.73 Å². The Kier molecular flexibility index (Phi) is 6.60. The highest BCUT2D eigenvalue weighted by atomic mass is 35.5. The fraction of sp³-hybridized carbons (Fsp3) is 0.400. The third-order valence-electron chi connectivity index (χ3n) is 1.90. The molecule has 2 atom stereocenters. The van der Waals surface area contributed by atoms with Crippen LogP contribution in [-0.2, 0) is 9.53 Å². The minimum absolute atomic E-state index is 0. The van der Waals surface area contributed by atoms with Crippen LogP contribution in [0.2, 0.25) is 0 Å². The molecule has 0 aliphatic heterocycles. The molecule has 0 aliphatic carbocycles. The Bertz CT molecular complexity index is 324. The van der Waals surface area contributed by atoms with E-state index in [4.69, 9.17) is 5.73 Å². The molecule has 0 saturated carbocycles. The smallest absolute Gasteiger partial charge is 0.342 e. The zero-order chi connectivity index (χ0) is 11.3. The van der Waals surface area contributed by atoms with Crippen molar-refractivity contribution in [3.8, 4) is 0 Å². The van der Waals surface area contributed by atoms with Gasteiger partial charge in [0.1, 0.15) is 0 Å². The molecule has 1 unspecified atom stereocenters. The first-order valence-electron chi connectivity index (χ1n) is 4.63. The summed E-state index contributed by atoms with van der Waals surface area (Å²) in [5, 5.41) is 0. The number of halogens is 2. The Morgan fingerprint density at radius 1 is 1.69 bits per heavy atom. The molecule has 0 aromatic carbocycles. The quantitative estimate of drug-likeness (QED) is 0.818. The third-order valence-corrected chi connectivity index (χ3v) is 1.90. The number of alkyl halides is 1. The van der Waals surface area contributed by atoms with E-state index in [0.717, 1.165) is 0 Å². The SMILES string of the molecule is CCOC(=O)C(F)[C@H](N)c1cccnc1.Cl. The highest BCUT2D eigenvalue weighted by molar-refractivity contribution is 5.85. The summed E-state index contributed by atoms with van der Waals surface area (Å²) in [7, 11) is 0. The molecule has 1 heterocycles. The number of pyridine rings is 1. The van der Waals surface area contributed by atoms with Crippen LogP contribution in [-0.4, -0.2) is 23.7 Å². The minimum atomic E-state index is -1.85. The predicted molar refractivity (Wildman–Crippen MR) is 59.9 cm³/mol. The summed E-state index contributed by atoms with van der Waals surface area (Å²) in [5.74, 6) is -0.936. The van der Waals surface area contributed by atoms with E-state index in [9.17, 15) is 9.18 Å². The standard InChI is InChI=1S/C10H13FN2O2.ClH/c1-2-15-10(14)8(11)9(12)7-4-3-5-13-6-7;/h3-6,8-9H,2,12H2,1H3;1H/t8?,9-;/m1./s1. The molecule has 1 aromatic heterocycles. The van der Waals surface area contributed by atoms with Crippen molar-refractivity contribution < 1.29 is 13.9 Å². The maximum absolute atomic E-state index is 13.4. The highest BCUT2D eigenvalue weighted by Gasteiger charge is 2.27. The summed E-state index contributed by atoms with van der Waals surface area (Å²) in [6, 6.07) is 2.22. The second-order valence-corrected chi connectivity index (χ2v) is 2.97. The second-order valence-electron chi connectivity index (χ2n) is 2.97. The molecule has 0 amide bonds. The van der Waals surface area contributed by atoms with Gasteiger partial charge in [-0.2, -0.15) is 0 Å². The zero-order valence-electron chi connectivity index (χ0n) is 8.80. The van der Waals surface area contributed by atoms with Gasteiger partial charge in [0, 0.05) is 12.4 Å². The predicted octanol–water partition coefficient (Wildman–Crippen LogP) is 1.40. The fourth-order valence-corrected chi connectivity index (χ4v) is 1.11. The van der Waals surface area contributed by atoms with Gasteiger partial charge in [0.15, 0.2) is 0 Å². The van der Waals surface area contributed by atoms with Crippen LogP contribution in [0.15, 0.2) is 24.5 Å². The number of hydrogen-bond donors (Lipinski definition) is 1. The lowest BCUT2D eigenvalue weighted by Crippen LogP contribution is -2.31. The largest absolute Gasteiger partial charge is 0.464 e. The Hall–Kier alpha value is -1.20. The van der Waals surface area contributed by atoms with Crippen molar-refractivity contribution >= 4 is 18.4 Å². The molecule has 0 fully saturated rings.